The number of aromatic nitrogens is 1. The van der Waals surface area contributed by atoms with Crippen LogP contribution in [0.15, 0.2) is 9.98 Å². The molecule has 2 rings (SSSR count). The summed E-state index contributed by atoms with van der Waals surface area (Å²) in [5.74, 6) is 0. The van der Waals surface area contributed by atoms with Crippen molar-refractivity contribution < 1.29 is 4.39 Å². The predicted octanol–water partition coefficient (Wildman–Crippen LogP) is 2.45. The molecule has 5 heteroatoms. The van der Waals surface area contributed by atoms with E-state index in [1.54, 1.807) is 0 Å². The molecule has 0 radical (unpaired) electrons. The van der Waals surface area contributed by atoms with Crippen molar-refractivity contribution in [3.05, 3.63) is 15.0 Å². The van der Waals surface area contributed by atoms with Crippen LogP contribution in [0, 0.1) is 0 Å². The van der Waals surface area contributed by atoms with Crippen LogP contribution in [0.5, 0.6) is 0 Å². The molecule has 1 N–H and O–H groups in total. The predicted molar refractivity (Wildman–Crippen MR) is 54.7 cm³/mol. The average molecular weight is 265 g/mol. The maximum absolute atomic E-state index is 14.2. The number of rotatable bonds is 1. The number of nitrogens with one attached hydrogen (secondary N) is 1. The maximum Gasteiger partial charge on any atom is 0.164 e. The molecular formula is C8H10BrFN2S. The Morgan fingerprint density at radius 1 is 1.54 bits per heavy atom. The molecule has 0 unspecified atom stereocenters. The van der Waals surface area contributed by atoms with Crippen LogP contribution in [0.1, 0.15) is 17.8 Å². The fourth-order valence-corrected chi connectivity index (χ4v) is 2.90. The molecule has 0 atom stereocenters. The second-order valence-corrected chi connectivity index (χ2v) is 4.86. The highest BCUT2D eigenvalue weighted by molar-refractivity contribution is 9.10. The van der Waals surface area contributed by atoms with Crippen molar-refractivity contribution in [2.24, 2.45) is 0 Å². The SMILES string of the molecule is FC1(c2nc(Br)cs2)CCNCC1. The van der Waals surface area contributed by atoms with E-state index < -0.39 is 5.67 Å². The van der Waals surface area contributed by atoms with E-state index >= 15 is 0 Å². The van der Waals surface area contributed by atoms with Gasteiger partial charge in [0.1, 0.15) is 9.61 Å². The highest BCUT2D eigenvalue weighted by atomic mass is 79.9. The summed E-state index contributed by atoms with van der Waals surface area (Å²) in [5, 5.41) is 5.59. The van der Waals surface area contributed by atoms with Crippen LogP contribution in [-0.4, -0.2) is 18.1 Å². The van der Waals surface area contributed by atoms with Gasteiger partial charge in [-0.1, -0.05) is 0 Å². The minimum atomic E-state index is -1.19. The van der Waals surface area contributed by atoms with Crippen LogP contribution < -0.4 is 5.32 Å². The molecule has 1 aliphatic heterocycles. The van der Waals surface area contributed by atoms with Gasteiger partial charge in [-0.05, 0) is 29.0 Å². The Balaban J connectivity index is 2.22. The first-order chi connectivity index (χ1) is 6.21. The highest BCUT2D eigenvalue weighted by Gasteiger charge is 2.36. The highest BCUT2D eigenvalue weighted by Crippen LogP contribution is 2.37. The molecule has 1 aliphatic rings. The number of piperidine rings is 1. The van der Waals surface area contributed by atoms with E-state index in [4.69, 9.17) is 0 Å². The third kappa shape index (κ3) is 1.92. The standard InChI is InChI=1S/C8H10BrFN2S/c9-6-5-13-7(12-6)8(10)1-3-11-4-2-8/h5,11H,1-4H2. The Morgan fingerprint density at radius 2 is 2.23 bits per heavy atom. The molecule has 1 aromatic heterocycles. The molecular weight excluding hydrogens is 255 g/mol. The summed E-state index contributed by atoms with van der Waals surface area (Å²) in [6.45, 7) is 1.49. The lowest BCUT2D eigenvalue weighted by Crippen LogP contribution is -2.36. The summed E-state index contributed by atoms with van der Waals surface area (Å²) in [5.41, 5.74) is -1.19. The van der Waals surface area contributed by atoms with Gasteiger partial charge >= 0.3 is 0 Å². The summed E-state index contributed by atoms with van der Waals surface area (Å²) in [4.78, 5) is 4.14. The molecule has 0 aliphatic carbocycles. The first-order valence-corrected chi connectivity index (χ1v) is 5.89. The fraction of sp³-hybridized carbons (Fsp3) is 0.625. The Kier molecular flexibility index (Phi) is 2.67. The lowest BCUT2D eigenvalue weighted by Gasteiger charge is -2.27. The first-order valence-electron chi connectivity index (χ1n) is 4.22. The van der Waals surface area contributed by atoms with Crippen LogP contribution in [-0.2, 0) is 5.67 Å². The van der Waals surface area contributed by atoms with Crippen LogP contribution in [0.4, 0.5) is 4.39 Å². The molecule has 1 saturated heterocycles. The van der Waals surface area contributed by atoms with Crippen molar-refractivity contribution >= 4 is 27.3 Å². The van der Waals surface area contributed by atoms with Gasteiger partial charge in [-0.15, -0.1) is 11.3 Å². The van der Waals surface area contributed by atoms with Crippen molar-refractivity contribution in [3.8, 4) is 0 Å². The van der Waals surface area contributed by atoms with E-state index in [9.17, 15) is 4.39 Å². The van der Waals surface area contributed by atoms with E-state index in [0.717, 1.165) is 17.7 Å². The van der Waals surface area contributed by atoms with Crippen LogP contribution in [0.2, 0.25) is 0 Å². The minimum Gasteiger partial charge on any atom is -0.316 e. The van der Waals surface area contributed by atoms with Gasteiger partial charge in [-0.25, -0.2) is 9.37 Å². The number of hydrogen-bond donors (Lipinski definition) is 1. The van der Waals surface area contributed by atoms with Crippen LogP contribution in [0.3, 0.4) is 0 Å². The molecule has 72 valence electrons. The molecule has 2 nitrogen and oxygen atoms in total. The second-order valence-electron chi connectivity index (χ2n) is 3.19. The first kappa shape index (κ1) is 9.55. The van der Waals surface area contributed by atoms with E-state index in [-0.39, 0.29) is 0 Å². The van der Waals surface area contributed by atoms with Crippen LogP contribution in [0.25, 0.3) is 0 Å². The van der Waals surface area contributed by atoms with Crippen molar-refractivity contribution in [2.45, 2.75) is 18.5 Å². The van der Waals surface area contributed by atoms with Gasteiger partial charge in [0.2, 0.25) is 0 Å². The lowest BCUT2D eigenvalue weighted by molar-refractivity contribution is 0.115. The third-order valence-corrected chi connectivity index (χ3v) is 3.99. The Bertz CT molecular complexity index is 296. The molecule has 0 bridgehead atoms. The Hall–Kier alpha value is -0.0000000000000000486. The number of hydrogen-bond acceptors (Lipinski definition) is 3. The molecule has 0 saturated carbocycles. The van der Waals surface area contributed by atoms with Gasteiger partial charge in [0.15, 0.2) is 5.67 Å². The zero-order chi connectivity index (χ0) is 9.31. The lowest BCUT2D eigenvalue weighted by atomic mass is 9.95. The quantitative estimate of drug-likeness (QED) is 0.843. The fourth-order valence-electron chi connectivity index (χ4n) is 1.50. The second kappa shape index (κ2) is 3.63. The molecule has 1 aromatic rings. The number of alkyl halides is 1. The molecule has 13 heavy (non-hydrogen) atoms. The van der Waals surface area contributed by atoms with Gasteiger partial charge in [0.05, 0.1) is 0 Å². The summed E-state index contributed by atoms with van der Waals surface area (Å²) >= 11 is 4.63. The smallest absolute Gasteiger partial charge is 0.164 e. The molecule has 0 spiro atoms. The van der Waals surface area contributed by atoms with Crippen molar-refractivity contribution in [2.75, 3.05) is 13.1 Å². The third-order valence-electron chi connectivity index (χ3n) is 2.26. The molecule has 2 heterocycles. The van der Waals surface area contributed by atoms with Gasteiger partial charge in [0, 0.05) is 18.2 Å². The summed E-state index contributed by atoms with van der Waals surface area (Å²) in [6, 6.07) is 0. The zero-order valence-electron chi connectivity index (χ0n) is 7.02. The number of thiazole rings is 1. The number of halogens is 2. The largest absolute Gasteiger partial charge is 0.316 e. The normalized spacial score (nSPS) is 21.7. The maximum atomic E-state index is 14.2. The zero-order valence-corrected chi connectivity index (χ0v) is 9.42. The van der Waals surface area contributed by atoms with E-state index in [1.807, 2.05) is 5.38 Å². The molecule has 0 amide bonds. The van der Waals surface area contributed by atoms with Gasteiger partial charge < -0.3 is 5.32 Å². The monoisotopic (exact) mass is 264 g/mol. The summed E-state index contributed by atoms with van der Waals surface area (Å²) < 4.78 is 14.9. The van der Waals surface area contributed by atoms with E-state index in [2.05, 4.69) is 26.2 Å². The van der Waals surface area contributed by atoms with Gasteiger partial charge in [-0.2, -0.15) is 0 Å². The topological polar surface area (TPSA) is 24.9 Å². The summed E-state index contributed by atoms with van der Waals surface area (Å²) in [7, 11) is 0. The Labute approximate surface area is 88.7 Å². The Morgan fingerprint density at radius 3 is 2.77 bits per heavy atom. The van der Waals surface area contributed by atoms with Crippen molar-refractivity contribution in [3.63, 3.8) is 0 Å². The van der Waals surface area contributed by atoms with Crippen molar-refractivity contribution in [1.82, 2.24) is 10.3 Å². The van der Waals surface area contributed by atoms with E-state index in [1.165, 1.54) is 11.3 Å². The van der Waals surface area contributed by atoms with Crippen LogP contribution >= 0.6 is 27.3 Å². The van der Waals surface area contributed by atoms with Gasteiger partial charge in [0.25, 0.3) is 0 Å². The number of nitrogens with zero attached hydrogens (tertiary/aromatic N) is 1. The van der Waals surface area contributed by atoms with Gasteiger partial charge in [-0.3, -0.25) is 0 Å². The summed E-state index contributed by atoms with van der Waals surface area (Å²) in [6.07, 6.45) is 1.07. The van der Waals surface area contributed by atoms with Crippen molar-refractivity contribution in [1.29, 1.82) is 0 Å². The molecule has 0 aromatic carbocycles. The minimum absolute atomic E-state index is 0.535. The molecule has 1 fully saturated rings. The van der Waals surface area contributed by atoms with E-state index in [0.29, 0.717) is 17.8 Å². The average Bonchev–Trinajstić information content (AvgIpc) is 2.54.